The van der Waals surface area contributed by atoms with Crippen LogP contribution in [0.15, 0.2) is 78.9 Å². The summed E-state index contributed by atoms with van der Waals surface area (Å²) in [4.78, 5) is 38.0. The quantitative estimate of drug-likeness (QED) is 0.504. The maximum Gasteiger partial charge on any atom is 0.338 e. The minimum Gasteiger partial charge on any atom is -0.497 e. The Morgan fingerprint density at radius 2 is 1.58 bits per heavy atom. The molecule has 0 spiro atoms. The number of hydrogen-bond donors (Lipinski definition) is 1. The van der Waals surface area contributed by atoms with Gasteiger partial charge in [0.2, 0.25) is 0 Å². The van der Waals surface area contributed by atoms with Crippen LogP contribution in [0.5, 0.6) is 11.5 Å². The Morgan fingerprint density at radius 1 is 0.848 bits per heavy atom. The molecule has 3 aromatic rings. The van der Waals surface area contributed by atoms with Crippen molar-refractivity contribution < 1.29 is 28.6 Å². The fourth-order valence-corrected chi connectivity index (χ4v) is 2.84. The van der Waals surface area contributed by atoms with Crippen LogP contribution in [0.3, 0.4) is 0 Å². The molecule has 0 aliphatic rings. The van der Waals surface area contributed by atoms with Gasteiger partial charge in [0.1, 0.15) is 11.5 Å². The van der Waals surface area contributed by atoms with Gasteiger partial charge in [-0.25, -0.2) is 4.79 Å². The van der Waals surface area contributed by atoms with Crippen LogP contribution in [0.25, 0.3) is 0 Å². The molecule has 0 atom stereocenters. The standard InChI is InChI=1S/C25H24N2O6/c1-27(20-8-4-3-5-9-20)24(29)17-33-25(30)18-11-13-21(14-12-18)32-16-23(28)26-19-7-6-10-22(15-19)31-2/h3-15H,16-17H2,1-2H3,(H,26,28). The number of ether oxygens (including phenoxy) is 3. The zero-order valence-corrected chi connectivity index (χ0v) is 18.3. The normalized spacial score (nSPS) is 10.1. The lowest BCUT2D eigenvalue weighted by atomic mass is 10.2. The Morgan fingerprint density at radius 3 is 2.27 bits per heavy atom. The highest BCUT2D eigenvalue weighted by molar-refractivity contribution is 5.96. The average Bonchev–Trinajstić information content (AvgIpc) is 2.86. The summed E-state index contributed by atoms with van der Waals surface area (Å²) in [6, 6.07) is 22.1. The molecule has 0 aliphatic heterocycles. The molecule has 0 fully saturated rings. The van der Waals surface area contributed by atoms with Crippen LogP contribution in [-0.2, 0) is 14.3 Å². The molecule has 3 aromatic carbocycles. The summed E-state index contributed by atoms with van der Waals surface area (Å²) in [5.74, 6) is -0.284. The Bertz CT molecular complexity index is 1100. The smallest absolute Gasteiger partial charge is 0.338 e. The molecule has 2 amide bonds. The summed E-state index contributed by atoms with van der Waals surface area (Å²) in [6.45, 7) is -0.589. The minimum atomic E-state index is -0.632. The monoisotopic (exact) mass is 448 g/mol. The number of carbonyl (C=O) groups is 3. The number of likely N-dealkylation sites (N-methyl/N-ethyl adjacent to an activating group) is 1. The highest BCUT2D eigenvalue weighted by Crippen LogP contribution is 2.17. The largest absolute Gasteiger partial charge is 0.497 e. The number of benzene rings is 3. The first kappa shape index (κ1) is 23.3. The second-order valence-electron chi connectivity index (χ2n) is 6.96. The van der Waals surface area contributed by atoms with E-state index in [1.807, 2.05) is 18.2 Å². The first-order chi connectivity index (χ1) is 16.0. The van der Waals surface area contributed by atoms with E-state index in [-0.39, 0.29) is 30.6 Å². The molecule has 3 rings (SSSR count). The van der Waals surface area contributed by atoms with E-state index in [1.54, 1.807) is 62.7 Å². The highest BCUT2D eigenvalue weighted by atomic mass is 16.5. The first-order valence-electron chi connectivity index (χ1n) is 10.1. The van der Waals surface area contributed by atoms with Crippen molar-refractivity contribution >= 4 is 29.2 Å². The van der Waals surface area contributed by atoms with Crippen molar-refractivity contribution in [2.45, 2.75) is 0 Å². The molecule has 8 nitrogen and oxygen atoms in total. The molecule has 33 heavy (non-hydrogen) atoms. The Hall–Kier alpha value is -4.33. The van der Waals surface area contributed by atoms with Crippen molar-refractivity contribution in [3.05, 3.63) is 84.4 Å². The van der Waals surface area contributed by atoms with Gasteiger partial charge in [0.25, 0.3) is 11.8 Å². The van der Waals surface area contributed by atoms with Gasteiger partial charge in [-0.2, -0.15) is 0 Å². The average molecular weight is 448 g/mol. The van der Waals surface area contributed by atoms with Gasteiger partial charge >= 0.3 is 5.97 Å². The predicted molar refractivity (Wildman–Crippen MR) is 124 cm³/mol. The van der Waals surface area contributed by atoms with E-state index in [0.717, 1.165) is 0 Å². The van der Waals surface area contributed by atoms with E-state index in [2.05, 4.69) is 5.32 Å². The summed E-state index contributed by atoms with van der Waals surface area (Å²) in [5.41, 5.74) is 1.56. The van der Waals surface area contributed by atoms with Crippen LogP contribution in [-0.4, -0.2) is 45.2 Å². The Kier molecular flexibility index (Phi) is 8.02. The summed E-state index contributed by atoms with van der Waals surface area (Å²) in [7, 11) is 3.16. The maximum absolute atomic E-state index is 12.2. The van der Waals surface area contributed by atoms with E-state index >= 15 is 0 Å². The van der Waals surface area contributed by atoms with Crippen molar-refractivity contribution in [1.29, 1.82) is 0 Å². The number of para-hydroxylation sites is 1. The number of nitrogens with zero attached hydrogens (tertiary/aromatic N) is 1. The number of carbonyl (C=O) groups excluding carboxylic acids is 3. The van der Waals surface area contributed by atoms with Gasteiger partial charge in [-0.15, -0.1) is 0 Å². The zero-order chi connectivity index (χ0) is 23.6. The van der Waals surface area contributed by atoms with Crippen molar-refractivity contribution in [2.24, 2.45) is 0 Å². The second-order valence-corrected chi connectivity index (χ2v) is 6.96. The maximum atomic E-state index is 12.2. The van der Waals surface area contributed by atoms with Gasteiger partial charge in [0, 0.05) is 24.5 Å². The van der Waals surface area contributed by atoms with Gasteiger partial charge in [-0.3, -0.25) is 9.59 Å². The lowest BCUT2D eigenvalue weighted by Crippen LogP contribution is -2.31. The van der Waals surface area contributed by atoms with E-state index in [1.165, 1.54) is 17.0 Å². The zero-order valence-electron chi connectivity index (χ0n) is 18.3. The molecule has 0 saturated carbocycles. The number of anilines is 2. The van der Waals surface area contributed by atoms with E-state index in [9.17, 15) is 14.4 Å². The molecule has 0 radical (unpaired) electrons. The Balaban J connectivity index is 1.45. The van der Waals surface area contributed by atoms with Crippen molar-refractivity contribution in [3.8, 4) is 11.5 Å². The summed E-state index contributed by atoms with van der Waals surface area (Å²) >= 11 is 0. The van der Waals surface area contributed by atoms with Crippen LogP contribution in [0, 0.1) is 0 Å². The van der Waals surface area contributed by atoms with Crippen LogP contribution in [0.4, 0.5) is 11.4 Å². The first-order valence-corrected chi connectivity index (χ1v) is 10.1. The molecule has 0 aliphatic carbocycles. The summed E-state index contributed by atoms with van der Waals surface area (Å²) < 4.78 is 15.7. The van der Waals surface area contributed by atoms with Crippen LogP contribution < -0.4 is 19.7 Å². The molecule has 0 unspecified atom stereocenters. The molecular formula is C25H24N2O6. The third-order valence-electron chi connectivity index (χ3n) is 4.66. The number of methoxy groups -OCH3 is 1. The van der Waals surface area contributed by atoms with E-state index in [4.69, 9.17) is 14.2 Å². The highest BCUT2D eigenvalue weighted by Gasteiger charge is 2.15. The molecule has 0 bridgehead atoms. The molecule has 0 heterocycles. The van der Waals surface area contributed by atoms with Crippen LogP contribution in [0.2, 0.25) is 0 Å². The molecule has 0 saturated heterocycles. The fourth-order valence-electron chi connectivity index (χ4n) is 2.84. The number of nitrogens with one attached hydrogen (secondary N) is 1. The van der Waals surface area contributed by atoms with Gasteiger partial charge < -0.3 is 24.4 Å². The number of rotatable bonds is 9. The Labute approximate surface area is 191 Å². The van der Waals surface area contributed by atoms with E-state index in [0.29, 0.717) is 22.9 Å². The SMILES string of the molecule is COc1cccc(NC(=O)COc2ccc(C(=O)OCC(=O)N(C)c3ccccc3)cc2)c1. The lowest BCUT2D eigenvalue weighted by Gasteiger charge is -2.17. The molecule has 8 heteroatoms. The van der Waals surface area contributed by atoms with Gasteiger partial charge in [-0.05, 0) is 48.5 Å². The molecule has 170 valence electrons. The molecule has 0 aromatic heterocycles. The third-order valence-corrected chi connectivity index (χ3v) is 4.66. The second kappa shape index (κ2) is 11.3. The topological polar surface area (TPSA) is 94.2 Å². The third kappa shape index (κ3) is 6.83. The van der Waals surface area contributed by atoms with Crippen molar-refractivity contribution in [3.63, 3.8) is 0 Å². The van der Waals surface area contributed by atoms with Crippen molar-refractivity contribution in [2.75, 3.05) is 37.6 Å². The number of amides is 2. The predicted octanol–water partition coefficient (Wildman–Crippen LogP) is 3.53. The fraction of sp³-hybridized carbons (Fsp3) is 0.160. The molecular weight excluding hydrogens is 424 g/mol. The number of esters is 1. The minimum absolute atomic E-state index is 0.207. The number of hydrogen-bond acceptors (Lipinski definition) is 6. The molecule has 1 N–H and O–H groups in total. The summed E-state index contributed by atoms with van der Waals surface area (Å²) in [5, 5.41) is 2.71. The van der Waals surface area contributed by atoms with Crippen molar-refractivity contribution in [1.82, 2.24) is 0 Å². The van der Waals surface area contributed by atoms with Gasteiger partial charge in [-0.1, -0.05) is 24.3 Å². The lowest BCUT2D eigenvalue weighted by molar-refractivity contribution is -0.121. The van der Waals surface area contributed by atoms with E-state index < -0.39 is 5.97 Å². The summed E-state index contributed by atoms with van der Waals surface area (Å²) in [6.07, 6.45) is 0. The van der Waals surface area contributed by atoms with Crippen LogP contribution in [0.1, 0.15) is 10.4 Å². The van der Waals surface area contributed by atoms with Crippen LogP contribution >= 0.6 is 0 Å². The van der Waals surface area contributed by atoms with Gasteiger partial charge in [0.05, 0.1) is 12.7 Å². The van der Waals surface area contributed by atoms with Gasteiger partial charge in [0.15, 0.2) is 13.2 Å².